The molecule has 2 N–H and O–H groups in total. The molecule has 1 heterocycles. The van der Waals surface area contributed by atoms with Gasteiger partial charge in [0.1, 0.15) is 36.9 Å². The highest BCUT2D eigenvalue weighted by Crippen LogP contribution is 2.34. The number of ether oxygens (including phenoxy) is 2. The topological polar surface area (TPSA) is 89.6 Å². The number of aryl methyl sites for hydroxylation is 2. The minimum atomic E-state index is -0.684. The van der Waals surface area contributed by atoms with Gasteiger partial charge in [-0.15, -0.1) is 16.7 Å². The van der Waals surface area contributed by atoms with Crippen molar-refractivity contribution in [2.75, 3.05) is 19.1 Å². The Morgan fingerprint density at radius 2 is 1.64 bits per heavy atom. The standard InChI is InChI=1S/C25H32ClN3O4/c1-17-11-20(7-10-24(17)33-15-21(30)12-26)25(3,4)19-5-8-23(9-6-19)32-16-22(31)14-29-13-18(2)27-28-29/h5-11,13,21-22,30-31H,12,14-16H2,1-4H3/t21-,22-/m1/s1. The molecule has 8 heteroatoms. The van der Waals surface area contributed by atoms with Gasteiger partial charge in [-0.05, 0) is 48.7 Å². The van der Waals surface area contributed by atoms with Crippen molar-refractivity contribution in [2.45, 2.75) is 51.9 Å². The smallest absolute Gasteiger partial charge is 0.122 e. The first-order chi connectivity index (χ1) is 15.7. The van der Waals surface area contributed by atoms with E-state index in [1.165, 1.54) is 0 Å². The van der Waals surface area contributed by atoms with Gasteiger partial charge in [0.2, 0.25) is 0 Å². The average molecular weight is 474 g/mol. The summed E-state index contributed by atoms with van der Waals surface area (Å²) in [7, 11) is 0. The number of hydrogen-bond acceptors (Lipinski definition) is 6. The Kier molecular flexibility index (Phi) is 8.35. The van der Waals surface area contributed by atoms with Crippen LogP contribution in [0.3, 0.4) is 0 Å². The summed E-state index contributed by atoms with van der Waals surface area (Å²) in [6, 6.07) is 14.0. The highest BCUT2D eigenvalue weighted by molar-refractivity contribution is 6.18. The van der Waals surface area contributed by atoms with E-state index in [1.54, 1.807) is 10.9 Å². The highest BCUT2D eigenvalue weighted by atomic mass is 35.5. The third-order valence-corrected chi connectivity index (χ3v) is 5.93. The van der Waals surface area contributed by atoms with Crippen molar-refractivity contribution in [1.29, 1.82) is 0 Å². The fraction of sp³-hybridized carbons (Fsp3) is 0.440. The first kappa shape index (κ1) is 25.0. The van der Waals surface area contributed by atoms with Crippen molar-refractivity contribution in [1.82, 2.24) is 15.0 Å². The van der Waals surface area contributed by atoms with Crippen LogP contribution in [0.4, 0.5) is 0 Å². The van der Waals surface area contributed by atoms with Gasteiger partial charge >= 0.3 is 0 Å². The molecule has 0 amide bonds. The van der Waals surface area contributed by atoms with Gasteiger partial charge in [0.15, 0.2) is 0 Å². The summed E-state index contributed by atoms with van der Waals surface area (Å²) in [6.07, 6.45) is 0.413. The lowest BCUT2D eigenvalue weighted by molar-refractivity contribution is 0.0888. The van der Waals surface area contributed by atoms with Crippen LogP contribution in [0.1, 0.15) is 36.2 Å². The number of nitrogens with zero attached hydrogens (tertiary/aromatic N) is 3. The minimum absolute atomic E-state index is 0.143. The predicted molar refractivity (Wildman–Crippen MR) is 128 cm³/mol. The number of alkyl halides is 1. The Morgan fingerprint density at radius 3 is 2.24 bits per heavy atom. The van der Waals surface area contributed by atoms with Gasteiger partial charge in [-0.2, -0.15) is 0 Å². The summed E-state index contributed by atoms with van der Waals surface area (Å²) in [5.41, 5.74) is 3.86. The highest BCUT2D eigenvalue weighted by Gasteiger charge is 2.24. The second-order valence-corrected chi connectivity index (χ2v) is 9.10. The van der Waals surface area contributed by atoms with Gasteiger partial charge in [-0.1, -0.05) is 43.3 Å². The number of aliphatic hydroxyl groups excluding tert-OH is 2. The molecule has 0 saturated heterocycles. The first-order valence-corrected chi connectivity index (χ1v) is 11.5. The quantitative estimate of drug-likeness (QED) is 0.413. The molecular weight excluding hydrogens is 442 g/mol. The second kappa shape index (κ2) is 11.0. The van der Waals surface area contributed by atoms with Crippen LogP contribution in [0.15, 0.2) is 48.7 Å². The molecule has 0 fully saturated rings. The fourth-order valence-electron chi connectivity index (χ4n) is 3.51. The summed E-state index contributed by atoms with van der Waals surface area (Å²) in [5, 5.41) is 27.7. The Balaban J connectivity index is 1.61. The second-order valence-electron chi connectivity index (χ2n) is 8.80. The predicted octanol–water partition coefficient (Wildman–Crippen LogP) is 3.64. The lowest BCUT2D eigenvalue weighted by Crippen LogP contribution is -2.24. The van der Waals surface area contributed by atoms with Crippen LogP contribution in [0.2, 0.25) is 0 Å². The Morgan fingerprint density at radius 1 is 0.970 bits per heavy atom. The maximum atomic E-state index is 10.2. The van der Waals surface area contributed by atoms with Crippen LogP contribution in [0.25, 0.3) is 0 Å². The van der Waals surface area contributed by atoms with Crippen molar-refractivity contribution in [3.05, 3.63) is 71.0 Å². The van der Waals surface area contributed by atoms with Gasteiger partial charge in [0.25, 0.3) is 0 Å². The molecule has 0 bridgehead atoms. The summed E-state index contributed by atoms with van der Waals surface area (Å²) < 4.78 is 13.0. The van der Waals surface area contributed by atoms with Crippen molar-refractivity contribution < 1.29 is 19.7 Å². The van der Waals surface area contributed by atoms with E-state index >= 15 is 0 Å². The molecule has 2 atom stereocenters. The molecule has 33 heavy (non-hydrogen) atoms. The molecule has 3 rings (SSSR count). The van der Waals surface area contributed by atoms with Crippen LogP contribution in [-0.2, 0) is 12.0 Å². The van der Waals surface area contributed by atoms with Gasteiger partial charge in [-0.25, -0.2) is 4.68 Å². The molecule has 0 unspecified atom stereocenters. The van der Waals surface area contributed by atoms with E-state index in [1.807, 2.05) is 50.2 Å². The van der Waals surface area contributed by atoms with E-state index in [4.69, 9.17) is 21.1 Å². The summed E-state index contributed by atoms with van der Waals surface area (Å²) >= 11 is 5.63. The zero-order valence-corrected chi connectivity index (χ0v) is 20.3. The van der Waals surface area contributed by atoms with E-state index in [9.17, 15) is 10.2 Å². The Hall–Kier alpha value is -2.61. The number of hydrogen-bond donors (Lipinski definition) is 2. The van der Waals surface area contributed by atoms with E-state index in [2.05, 4.69) is 30.2 Å². The largest absolute Gasteiger partial charge is 0.491 e. The molecule has 7 nitrogen and oxygen atoms in total. The summed E-state index contributed by atoms with van der Waals surface area (Å²) in [4.78, 5) is 0. The Bertz CT molecular complexity index is 1040. The number of halogens is 1. The molecule has 0 saturated carbocycles. The third-order valence-electron chi connectivity index (χ3n) is 5.58. The summed E-state index contributed by atoms with van der Waals surface area (Å²) in [5.74, 6) is 1.58. The van der Waals surface area contributed by atoms with Crippen LogP contribution in [-0.4, -0.2) is 56.5 Å². The molecule has 0 spiro atoms. The van der Waals surface area contributed by atoms with Gasteiger partial charge < -0.3 is 19.7 Å². The normalized spacial score (nSPS) is 13.5. The number of benzene rings is 2. The molecule has 1 aromatic heterocycles. The number of rotatable bonds is 11. The zero-order valence-electron chi connectivity index (χ0n) is 19.5. The molecule has 0 radical (unpaired) electrons. The van der Waals surface area contributed by atoms with Crippen LogP contribution in [0.5, 0.6) is 11.5 Å². The van der Waals surface area contributed by atoms with Crippen LogP contribution >= 0.6 is 11.6 Å². The van der Waals surface area contributed by atoms with Crippen molar-refractivity contribution in [3.63, 3.8) is 0 Å². The van der Waals surface area contributed by atoms with Gasteiger partial charge in [0, 0.05) is 11.6 Å². The average Bonchev–Trinajstić information content (AvgIpc) is 3.21. The van der Waals surface area contributed by atoms with Crippen molar-refractivity contribution in [3.8, 4) is 11.5 Å². The van der Waals surface area contributed by atoms with Gasteiger partial charge in [-0.3, -0.25) is 0 Å². The van der Waals surface area contributed by atoms with Gasteiger partial charge in [0.05, 0.1) is 18.1 Å². The molecular formula is C25H32ClN3O4. The first-order valence-electron chi connectivity index (χ1n) is 10.9. The van der Waals surface area contributed by atoms with E-state index < -0.39 is 12.2 Å². The molecule has 0 aliphatic heterocycles. The monoisotopic (exact) mass is 473 g/mol. The van der Waals surface area contributed by atoms with Crippen LogP contribution in [0, 0.1) is 13.8 Å². The SMILES string of the molecule is Cc1cn(C[C@@H](O)COc2ccc(C(C)(C)c3ccc(OC[C@H](O)CCl)c(C)c3)cc2)nn1. The third kappa shape index (κ3) is 6.69. The lowest BCUT2D eigenvalue weighted by Gasteiger charge is -2.27. The number of aliphatic hydroxyl groups is 2. The van der Waals surface area contributed by atoms with E-state index in [0.29, 0.717) is 12.3 Å². The maximum Gasteiger partial charge on any atom is 0.122 e. The van der Waals surface area contributed by atoms with Crippen molar-refractivity contribution in [2.24, 2.45) is 0 Å². The van der Waals surface area contributed by atoms with Crippen LogP contribution < -0.4 is 9.47 Å². The molecule has 2 aromatic carbocycles. The zero-order chi connectivity index (χ0) is 24.0. The van der Waals surface area contributed by atoms with Crippen molar-refractivity contribution >= 4 is 11.6 Å². The summed E-state index contributed by atoms with van der Waals surface area (Å²) in [6.45, 7) is 8.84. The molecule has 178 valence electrons. The van der Waals surface area contributed by atoms with E-state index in [0.717, 1.165) is 28.1 Å². The lowest BCUT2D eigenvalue weighted by atomic mass is 9.77. The van der Waals surface area contributed by atoms with E-state index in [-0.39, 0.29) is 24.5 Å². The molecule has 0 aliphatic carbocycles. The molecule has 3 aromatic rings. The fourth-order valence-corrected chi connectivity index (χ4v) is 3.60. The maximum absolute atomic E-state index is 10.2. The Labute approximate surface area is 199 Å². The minimum Gasteiger partial charge on any atom is -0.491 e. The molecule has 0 aliphatic rings. The number of aromatic nitrogens is 3.